The predicted molar refractivity (Wildman–Crippen MR) is 93.7 cm³/mol. The molecule has 0 saturated carbocycles. The molecule has 0 unspecified atom stereocenters. The van der Waals surface area contributed by atoms with Gasteiger partial charge in [0.15, 0.2) is 6.61 Å². The van der Waals surface area contributed by atoms with Crippen molar-refractivity contribution in [1.29, 1.82) is 0 Å². The lowest BCUT2D eigenvalue weighted by Crippen LogP contribution is -2.21. The number of amides is 1. The molecule has 1 amide bonds. The highest BCUT2D eigenvalue weighted by molar-refractivity contribution is 9.10. The third-order valence-corrected chi connectivity index (χ3v) is 3.89. The lowest BCUT2D eigenvalue weighted by molar-refractivity contribution is -0.118. The molecule has 0 aliphatic heterocycles. The van der Waals surface area contributed by atoms with Crippen molar-refractivity contribution >= 4 is 27.5 Å². The van der Waals surface area contributed by atoms with E-state index in [2.05, 4.69) is 21.2 Å². The maximum absolute atomic E-state index is 12.1. The summed E-state index contributed by atoms with van der Waals surface area (Å²) in [5.41, 5.74) is 5.05. The highest BCUT2D eigenvalue weighted by Gasteiger charge is 2.10. The van der Waals surface area contributed by atoms with Gasteiger partial charge in [-0.05, 0) is 62.6 Å². The van der Waals surface area contributed by atoms with Gasteiger partial charge in [-0.1, -0.05) is 33.6 Å². The van der Waals surface area contributed by atoms with E-state index in [4.69, 9.17) is 4.74 Å². The van der Waals surface area contributed by atoms with Gasteiger partial charge in [0.2, 0.25) is 0 Å². The van der Waals surface area contributed by atoms with Crippen molar-refractivity contribution in [3.63, 3.8) is 0 Å². The highest BCUT2D eigenvalue weighted by Crippen LogP contribution is 2.27. The molecular formula is C18H20BrNO2. The molecule has 0 aromatic heterocycles. The fourth-order valence-electron chi connectivity index (χ4n) is 2.40. The van der Waals surface area contributed by atoms with Crippen LogP contribution in [0, 0.1) is 27.7 Å². The average molecular weight is 362 g/mol. The number of hydrogen-bond donors (Lipinski definition) is 1. The van der Waals surface area contributed by atoms with E-state index in [1.54, 1.807) is 0 Å². The van der Waals surface area contributed by atoms with E-state index in [9.17, 15) is 4.79 Å². The van der Waals surface area contributed by atoms with Crippen LogP contribution in [0.25, 0.3) is 0 Å². The Hall–Kier alpha value is -1.81. The van der Waals surface area contributed by atoms with E-state index in [1.807, 2.05) is 58.0 Å². The van der Waals surface area contributed by atoms with Crippen LogP contribution in [-0.4, -0.2) is 12.5 Å². The summed E-state index contributed by atoms with van der Waals surface area (Å²) in [6, 6.07) is 9.89. The summed E-state index contributed by atoms with van der Waals surface area (Å²) in [4.78, 5) is 12.1. The zero-order valence-electron chi connectivity index (χ0n) is 13.3. The second-order valence-electron chi connectivity index (χ2n) is 5.52. The first-order chi connectivity index (χ1) is 10.4. The molecule has 2 rings (SSSR count). The monoisotopic (exact) mass is 361 g/mol. The Labute approximate surface area is 139 Å². The second kappa shape index (κ2) is 6.97. The second-order valence-corrected chi connectivity index (χ2v) is 6.44. The van der Waals surface area contributed by atoms with Gasteiger partial charge in [0.1, 0.15) is 5.75 Å². The van der Waals surface area contributed by atoms with Gasteiger partial charge in [-0.25, -0.2) is 0 Å². The Morgan fingerprint density at radius 2 is 1.68 bits per heavy atom. The molecule has 2 aromatic carbocycles. The van der Waals surface area contributed by atoms with Crippen LogP contribution in [0.4, 0.5) is 5.69 Å². The standard InChI is InChI=1S/C18H20BrNO2/c1-11-5-6-16(12(2)7-11)20-17(21)10-22-18-13(3)8-15(19)9-14(18)4/h5-9H,10H2,1-4H3,(H,20,21). The van der Waals surface area contributed by atoms with Crippen molar-refractivity contribution in [2.24, 2.45) is 0 Å². The van der Waals surface area contributed by atoms with E-state index in [1.165, 1.54) is 5.56 Å². The number of benzene rings is 2. The largest absolute Gasteiger partial charge is 0.483 e. The lowest BCUT2D eigenvalue weighted by atomic mass is 10.1. The number of nitrogens with one attached hydrogen (secondary N) is 1. The topological polar surface area (TPSA) is 38.3 Å². The van der Waals surface area contributed by atoms with Gasteiger partial charge in [-0.15, -0.1) is 0 Å². The normalized spacial score (nSPS) is 10.4. The Morgan fingerprint density at radius 3 is 2.27 bits per heavy atom. The van der Waals surface area contributed by atoms with Crippen LogP contribution in [0.15, 0.2) is 34.8 Å². The van der Waals surface area contributed by atoms with Crippen LogP contribution < -0.4 is 10.1 Å². The van der Waals surface area contributed by atoms with Crippen LogP contribution in [0.3, 0.4) is 0 Å². The number of carbonyl (C=O) groups excluding carboxylic acids is 1. The molecule has 0 heterocycles. The van der Waals surface area contributed by atoms with Gasteiger partial charge in [0.25, 0.3) is 5.91 Å². The Balaban J connectivity index is 2.02. The first-order valence-corrected chi connectivity index (χ1v) is 7.93. The Bertz CT molecular complexity index is 687. The van der Waals surface area contributed by atoms with E-state index in [0.717, 1.165) is 32.6 Å². The van der Waals surface area contributed by atoms with Crippen molar-refractivity contribution in [1.82, 2.24) is 0 Å². The Morgan fingerprint density at radius 1 is 1.05 bits per heavy atom. The van der Waals surface area contributed by atoms with E-state index in [0.29, 0.717) is 0 Å². The summed E-state index contributed by atoms with van der Waals surface area (Å²) in [5, 5.41) is 2.88. The van der Waals surface area contributed by atoms with Gasteiger partial charge < -0.3 is 10.1 Å². The van der Waals surface area contributed by atoms with Crippen molar-refractivity contribution < 1.29 is 9.53 Å². The van der Waals surface area contributed by atoms with Crippen LogP contribution in [0.2, 0.25) is 0 Å². The minimum absolute atomic E-state index is 0.00334. The molecule has 4 heteroatoms. The molecule has 0 fully saturated rings. The molecule has 0 spiro atoms. The molecule has 22 heavy (non-hydrogen) atoms. The van der Waals surface area contributed by atoms with Crippen molar-refractivity contribution in [3.8, 4) is 5.75 Å². The van der Waals surface area contributed by atoms with Gasteiger partial charge >= 0.3 is 0 Å². The smallest absolute Gasteiger partial charge is 0.262 e. The van der Waals surface area contributed by atoms with Crippen LogP contribution in [-0.2, 0) is 4.79 Å². The molecule has 0 saturated heterocycles. The molecule has 2 aromatic rings. The molecular weight excluding hydrogens is 342 g/mol. The fourth-order valence-corrected chi connectivity index (χ4v) is 3.09. The number of aryl methyl sites for hydroxylation is 4. The molecule has 0 radical (unpaired) electrons. The van der Waals surface area contributed by atoms with Gasteiger partial charge in [0, 0.05) is 10.2 Å². The minimum Gasteiger partial charge on any atom is -0.483 e. The number of anilines is 1. The molecule has 0 aliphatic carbocycles. The molecule has 3 nitrogen and oxygen atoms in total. The maximum Gasteiger partial charge on any atom is 0.262 e. The minimum atomic E-state index is -0.159. The molecule has 116 valence electrons. The average Bonchev–Trinajstić information content (AvgIpc) is 2.40. The van der Waals surface area contributed by atoms with Crippen molar-refractivity contribution in [2.75, 3.05) is 11.9 Å². The lowest BCUT2D eigenvalue weighted by Gasteiger charge is -2.13. The van der Waals surface area contributed by atoms with Gasteiger partial charge in [0.05, 0.1) is 0 Å². The summed E-state index contributed by atoms with van der Waals surface area (Å²) in [6.07, 6.45) is 0. The number of hydrogen-bond acceptors (Lipinski definition) is 2. The number of carbonyl (C=O) groups is 1. The summed E-state index contributed by atoms with van der Waals surface area (Å²) in [6.45, 7) is 7.94. The molecule has 0 bridgehead atoms. The highest BCUT2D eigenvalue weighted by atomic mass is 79.9. The number of halogens is 1. The van der Waals surface area contributed by atoms with Crippen molar-refractivity contribution in [2.45, 2.75) is 27.7 Å². The molecule has 0 atom stereocenters. The fraction of sp³-hybridized carbons (Fsp3) is 0.278. The summed E-state index contributed by atoms with van der Waals surface area (Å²) in [5.74, 6) is 0.604. The van der Waals surface area contributed by atoms with Crippen LogP contribution in [0.1, 0.15) is 22.3 Å². The van der Waals surface area contributed by atoms with E-state index >= 15 is 0 Å². The summed E-state index contributed by atoms with van der Waals surface area (Å²) < 4.78 is 6.70. The zero-order chi connectivity index (χ0) is 16.3. The van der Waals surface area contributed by atoms with E-state index < -0.39 is 0 Å². The van der Waals surface area contributed by atoms with E-state index in [-0.39, 0.29) is 12.5 Å². The van der Waals surface area contributed by atoms with Gasteiger partial charge in [-0.2, -0.15) is 0 Å². The summed E-state index contributed by atoms with van der Waals surface area (Å²) in [7, 11) is 0. The third-order valence-electron chi connectivity index (χ3n) is 3.43. The first kappa shape index (κ1) is 16.6. The SMILES string of the molecule is Cc1ccc(NC(=O)COc2c(C)cc(Br)cc2C)c(C)c1. The predicted octanol–water partition coefficient (Wildman–Crippen LogP) is 4.70. The number of ether oxygens (including phenoxy) is 1. The Kier molecular flexibility index (Phi) is 5.24. The van der Waals surface area contributed by atoms with Gasteiger partial charge in [-0.3, -0.25) is 4.79 Å². The third kappa shape index (κ3) is 4.10. The molecule has 0 aliphatic rings. The zero-order valence-corrected chi connectivity index (χ0v) is 14.9. The first-order valence-electron chi connectivity index (χ1n) is 7.13. The number of rotatable bonds is 4. The maximum atomic E-state index is 12.1. The summed E-state index contributed by atoms with van der Waals surface area (Å²) >= 11 is 3.45. The molecule has 1 N–H and O–H groups in total. The van der Waals surface area contributed by atoms with Crippen LogP contribution in [0.5, 0.6) is 5.75 Å². The van der Waals surface area contributed by atoms with Crippen LogP contribution >= 0.6 is 15.9 Å². The van der Waals surface area contributed by atoms with Crippen molar-refractivity contribution in [3.05, 3.63) is 57.1 Å². The quantitative estimate of drug-likeness (QED) is 0.856.